The number of carbonyl (C=O) groups excluding carboxylic acids is 1. The Balaban J connectivity index is 2.56. The van der Waals surface area contributed by atoms with Crippen molar-refractivity contribution in [3.05, 3.63) is 34.0 Å². The number of carbonyl (C=O) groups is 1. The van der Waals surface area contributed by atoms with Gasteiger partial charge in [-0.15, -0.1) is 0 Å². The maximum absolute atomic E-state index is 10.8. The number of nitrogens with one attached hydrogen (secondary N) is 1. The van der Waals surface area contributed by atoms with Crippen LogP contribution < -0.4 is 0 Å². The summed E-state index contributed by atoms with van der Waals surface area (Å²) >= 11 is 0. The van der Waals surface area contributed by atoms with E-state index >= 15 is 0 Å². The standard InChI is InChI=1S/C11H7N3O3/c15-7-2-1-5-9-8-4-3-6-10(14(16)17)11(8)13-12-9/h3-4,6-7H,2H2,(H,12,13). The lowest BCUT2D eigenvalue weighted by atomic mass is 10.2. The van der Waals surface area contributed by atoms with Gasteiger partial charge < -0.3 is 4.79 Å². The fraction of sp³-hybridized carbons (Fsp3) is 0.0909. The first-order chi connectivity index (χ1) is 8.24. The lowest BCUT2D eigenvalue weighted by molar-refractivity contribution is -0.383. The van der Waals surface area contributed by atoms with Gasteiger partial charge in [-0.05, 0) is 12.0 Å². The van der Waals surface area contributed by atoms with Gasteiger partial charge in [0.1, 0.15) is 12.0 Å². The molecular formula is C11H7N3O3. The molecule has 0 saturated heterocycles. The minimum Gasteiger partial charge on any atom is -0.302 e. The molecule has 2 rings (SSSR count). The van der Waals surface area contributed by atoms with Gasteiger partial charge in [0.05, 0.1) is 11.3 Å². The number of non-ortho nitro benzene ring substituents is 1. The molecule has 0 aliphatic heterocycles. The maximum atomic E-state index is 10.8. The van der Waals surface area contributed by atoms with E-state index in [9.17, 15) is 14.9 Å². The van der Waals surface area contributed by atoms with E-state index in [2.05, 4.69) is 22.0 Å². The molecule has 1 aromatic carbocycles. The molecule has 0 spiro atoms. The van der Waals surface area contributed by atoms with Gasteiger partial charge in [-0.1, -0.05) is 12.0 Å². The number of aromatic amines is 1. The highest BCUT2D eigenvalue weighted by Crippen LogP contribution is 2.24. The quantitative estimate of drug-likeness (QED) is 0.365. The molecule has 0 amide bonds. The fourth-order valence-corrected chi connectivity index (χ4v) is 1.45. The van der Waals surface area contributed by atoms with Gasteiger partial charge in [-0.3, -0.25) is 15.2 Å². The Hall–Kier alpha value is -2.68. The summed E-state index contributed by atoms with van der Waals surface area (Å²) in [6, 6.07) is 4.64. The normalized spacial score (nSPS) is 9.65. The van der Waals surface area contributed by atoms with Crippen molar-refractivity contribution < 1.29 is 9.72 Å². The number of fused-ring (bicyclic) bond motifs is 1. The number of nitro benzene ring substituents is 1. The van der Waals surface area contributed by atoms with Crippen LogP contribution in [0.4, 0.5) is 5.69 Å². The molecule has 0 bridgehead atoms. The highest BCUT2D eigenvalue weighted by molar-refractivity contribution is 5.90. The Morgan fingerprint density at radius 1 is 1.53 bits per heavy atom. The number of nitrogens with zero attached hydrogens (tertiary/aromatic N) is 2. The molecule has 2 aromatic rings. The number of hydrogen-bond donors (Lipinski definition) is 1. The van der Waals surface area contributed by atoms with Crippen LogP contribution in [0.1, 0.15) is 12.1 Å². The molecular weight excluding hydrogens is 222 g/mol. The first-order valence-corrected chi connectivity index (χ1v) is 4.78. The van der Waals surface area contributed by atoms with Crippen LogP contribution in [0.2, 0.25) is 0 Å². The average molecular weight is 229 g/mol. The largest absolute Gasteiger partial charge is 0.302 e. The molecule has 84 valence electrons. The van der Waals surface area contributed by atoms with Crippen LogP contribution in [0, 0.1) is 22.0 Å². The lowest BCUT2D eigenvalue weighted by Gasteiger charge is -1.91. The van der Waals surface area contributed by atoms with E-state index < -0.39 is 4.92 Å². The molecule has 6 heteroatoms. The minimum atomic E-state index is -0.494. The van der Waals surface area contributed by atoms with Crippen molar-refractivity contribution >= 4 is 22.9 Å². The number of hydrogen-bond acceptors (Lipinski definition) is 4. The molecule has 0 aliphatic rings. The number of para-hydroxylation sites is 1. The zero-order valence-electron chi connectivity index (χ0n) is 8.64. The van der Waals surface area contributed by atoms with E-state index in [4.69, 9.17) is 0 Å². The first kappa shape index (κ1) is 10.8. The Labute approximate surface area is 95.8 Å². The second-order valence-corrected chi connectivity index (χ2v) is 3.20. The van der Waals surface area contributed by atoms with Crippen LogP contribution in [0.5, 0.6) is 0 Å². The summed E-state index contributed by atoms with van der Waals surface area (Å²) in [7, 11) is 0. The second-order valence-electron chi connectivity index (χ2n) is 3.20. The molecule has 0 aliphatic carbocycles. The van der Waals surface area contributed by atoms with Crippen LogP contribution >= 0.6 is 0 Å². The van der Waals surface area contributed by atoms with E-state index in [1.165, 1.54) is 6.07 Å². The van der Waals surface area contributed by atoms with Gasteiger partial charge in [0.2, 0.25) is 0 Å². The van der Waals surface area contributed by atoms with E-state index in [-0.39, 0.29) is 17.6 Å². The molecule has 0 fully saturated rings. The van der Waals surface area contributed by atoms with E-state index in [1.54, 1.807) is 12.1 Å². The molecule has 0 unspecified atom stereocenters. The number of benzene rings is 1. The summed E-state index contributed by atoms with van der Waals surface area (Å²) < 4.78 is 0. The highest BCUT2D eigenvalue weighted by atomic mass is 16.6. The number of aldehydes is 1. The number of rotatable bonds is 2. The SMILES string of the molecule is O=CCC#Cc1[nH]nc2c([N+](=O)[O-])cccc12. The summed E-state index contributed by atoms with van der Waals surface area (Å²) in [6.45, 7) is 0. The third kappa shape index (κ3) is 1.99. The molecule has 6 nitrogen and oxygen atoms in total. The van der Waals surface area contributed by atoms with Crippen molar-refractivity contribution in [2.75, 3.05) is 0 Å². The van der Waals surface area contributed by atoms with Crippen LogP contribution in [-0.4, -0.2) is 21.4 Å². The number of aromatic nitrogens is 2. The Kier molecular flexibility index (Phi) is 2.83. The van der Waals surface area contributed by atoms with Gasteiger partial charge in [0.15, 0.2) is 5.52 Å². The van der Waals surface area contributed by atoms with E-state index in [0.717, 1.165) is 0 Å². The smallest absolute Gasteiger partial charge is 0.297 e. The lowest BCUT2D eigenvalue weighted by Crippen LogP contribution is -1.88. The monoisotopic (exact) mass is 229 g/mol. The van der Waals surface area contributed by atoms with Crippen molar-refractivity contribution in [1.82, 2.24) is 10.2 Å². The molecule has 0 atom stereocenters. The van der Waals surface area contributed by atoms with Crippen molar-refractivity contribution in [2.24, 2.45) is 0 Å². The fourth-order valence-electron chi connectivity index (χ4n) is 1.45. The van der Waals surface area contributed by atoms with Crippen LogP contribution in [0.15, 0.2) is 18.2 Å². The zero-order valence-corrected chi connectivity index (χ0v) is 8.64. The van der Waals surface area contributed by atoms with Crippen molar-refractivity contribution in [1.29, 1.82) is 0 Å². The van der Waals surface area contributed by atoms with Crippen molar-refractivity contribution in [2.45, 2.75) is 6.42 Å². The third-order valence-corrected chi connectivity index (χ3v) is 2.16. The Morgan fingerprint density at radius 3 is 3.06 bits per heavy atom. The second kappa shape index (κ2) is 4.45. The Bertz CT molecular complexity index is 649. The van der Waals surface area contributed by atoms with Gasteiger partial charge in [-0.2, -0.15) is 5.10 Å². The first-order valence-electron chi connectivity index (χ1n) is 4.78. The summed E-state index contributed by atoms with van der Waals surface area (Å²) in [5, 5.41) is 17.8. The molecule has 0 saturated carbocycles. The predicted molar refractivity (Wildman–Crippen MR) is 60.3 cm³/mol. The van der Waals surface area contributed by atoms with Crippen LogP contribution in [0.3, 0.4) is 0 Å². The molecule has 1 aromatic heterocycles. The number of H-pyrrole nitrogens is 1. The Morgan fingerprint density at radius 2 is 2.35 bits per heavy atom. The summed E-state index contributed by atoms with van der Waals surface area (Å²) in [5.41, 5.74) is 0.681. The molecule has 1 heterocycles. The zero-order chi connectivity index (χ0) is 12.3. The molecule has 0 radical (unpaired) electrons. The van der Waals surface area contributed by atoms with Gasteiger partial charge in [-0.25, -0.2) is 0 Å². The van der Waals surface area contributed by atoms with E-state index in [0.29, 0.717) is 17.4 Å². The van der Waals surface area contributed by atoms with Gasteiger partial charge in [0.25, 0.3) is 5.69 Å². The van der Waals surface area contributed by atoms with Crippen molar-refractivity contribution in [3.63, 3.8) is 0 Å². The summed E-state index contributed by atoms with van der Waals surface area (Å²) in [4.78, 5) is 20.4. The minimum absolute atomic E-state index is 0.0674. The molecule has 1 N–H and O–H groups in total. The molecule has 17 heavy (non-hydrogen) atoms. The maximum Gasteiger partial charge on any atom is 0.297 e. The average Bonchev–Trinajstić information content (AvgIpc) is 2.72. The van der Waals surface area contributed by atoms with E-state index in [1.807, 2.05) is 0 Å². The van der Waals surface area contributed by atoms with Crippen LogP contribution in [0.25, 0.3) is 10.9 Å². The highest BCUT2D eigenvalue weighted by Gasteiger charge is 2.15. The predicted octanol–water partition coefficient (Wildman–Crippen LogP) is 1.41. The summed E-state index contributed by atoms with van der Waals surface area (Å²) in [5.74, 6) is 5.33. The van der Waals surface area contributed by atoms with Crippen LogP contribution in [-0.2, 0) is 4.79 Å². The number of nitro groups is 1. The van der Waals surface area contributed by atoms with Gasteiger partial charge in [0, 0.05) is 11.5 Å². The van der Waals surface area contributed by atoms with Gasteiger partial charge >= 0.3 is 0 Å². The van der Waals surface area contributed by atoms with Crippen molar-refractivity contribution in [3.8, 4) is 11.8 Å². The summed E-state index contributed by atoms with van der Waals surface area (Å²) in [6.07, 6.45) is 0.809. The third-order valence-electron chi connectivity index (χ3n) is 2.16. The topological polar surface area (TPSA) is 88.9 Å².